The van der Waals surface area contributed by atoms with Crippen LogP contribution in [-0.2, 0) is 11.0 Å². The Kier molecular flexibility index (Phi) is 1.97. The molecule has 1 aliphatic rings. The van der Waals surface area contributed by atoms with Crippen molar-refractivity contribution < 1.29 is 4.52 Å². The molecule has 1 aliphatic carbocycles. The summed E-state index contributed by atoms with van der Waals surface area (Å²) in [6, 6.07) is 6.20. The molecule has 0 radical (unpaired) electrons. The quantitative estimate of drug-likeness (QED) is 0.819. The van der Waals surface area contributed by atoms with Gasteiger partial charge in [0.2, 0.25) is 0 Å². The normalized spacial score (nSPS) is 18.6. The van der Waals surface area contributed by atoms with Crippen molar-refractivity contribution >= 4 is 11.0 Å². The molecular weight excluding hydrogens is 212 g/mol. The average Bonchev–Trinajstić information content (AvgIpc) is 2.85. The highest BCUT2D eigenvalue weighted by Gasteiger charge is 2.40. The second kappa shape index (κ2) is 3.10. The summed E-state index contributed by atoms with van der Waals surface area (Å²) in [6.45, 7) is 6.44. The summed E-state index contributed by atoms with van der Waals surface area (Å²) >= 11 is 0. The second-order valence-corrected chi connectivity index (χ2v) is 6.15. The lowest BCUT2D eigenvalue weighted by Gasteiger charge is -2.15. The minimum atomic E-state index is -0.0966. The van der Waals surface area contributed by atoms with Crippen molar-refractivity contribution in [1.29, 1.82) is 0 Å². The number of rotatable bonds is 1. The molecule has 3 nitrogen and oxygen atoms in total. The van der Waals surface area contributed by atoms with Crippen LogP contribution in [0, 0.1) is 0 Å². The van der Waals surface area contributed by atoms with Crippen molar-refractivity contribution in [2.45, 2.75) is 44.6 Å². The molecule has 0 aliphatic heterocycles. The Bertz CT molecular complexity index is 573. The number of fused-ring (bicyclic) bond motifs is 1. The summed E-state index contributed by atoms with van der Waals surface area (Å²) in [5.74, 6) is 0. The van der Waals surface area contributed by atoms with Gasteiger partial charge in [-0.2, -0.15) is 0 Å². The van der Waals surface area contributed by atoms with Crippen molar-refractivity contribution in [1.82, 2.24) is 5.16 Å². The molecule has 1 fully saturated rings. The molecule has 17 heavy (non-hydrogen) atoms. The van der Waals surface area contributed by atoms with E-state index in [9.17, 15) is 0 Å². The van der Waals surface area contributed by atoms with Gasteiger partial charge < -0.3 is 10.3 Å². The standard InChI is InChI=1S/C14H18N2O/c1-13(2,3)12-10-8-9(14(15)6-7-14)4-5-11(10)17-16-12/h4-5,8H,6-7,15H2,1-3H3. The molecule has 0 saturated heterocycles. The first-order valence-electron chi connectivity index (χ1n) is 6.09. The van der Waals surface area contributed by atoms with Gasteiger partial charge in [0.15, 0.2) is 5.58 Å². The molecule has 2 N–H and O–H groups in total. The van der Waals surface area contributed by atoms with Crippen LogP contribution in [0.25, 0.3) is 11.0 Å². The van der Waals surface area contributed by atoms with Crippen molar-refractivity contribution in [2.24, 2.45) is 5.73 Å². The number of aromatic nitrogens is 1. The Balaban J connectivity index is 2.20. The average molecular weight is 230 g/mol. The maximum absolute atomic E-state index is 6.24. The minimum absolute atomic E-state index is 0.00478. The maximum atomic E-state index is 6.24. The lowest BCUT2D eigenvalue weighted by molar-refractivity contribution is 0.419. The first-order chi connectivity index (χ1) is 7.90. The number of hydrogen-bond donors (Lipinski definition) is 1. The van der Waals surface area contributed by atoms with Gasteiger partial charge in [0.05, 0.1) is 5.69 Å². The lowest BCUT2D eigenvalue weighted by Crippen LogP contribution is -2.18. The summed E-state index contributed by atoms with van der Waals surface area (Å²) in [6.07, 6.45) is 2.16. The highest BCUT2D eigenvalue weighted by Crippen LogP contribution is 2.44. The van der Waals surface area contributed by atoms with E-state index in [1.54, 1.807) is 0 Å². The van der Waals surface area contributed by atoms with E-state index in [0.29, 0.717) is 0 Å². The fraction of sp³-hybridized carbons (Fsp3) is 0.500. The van der Waals surface area contributed by atoms with Crippen molar-refractivity contribution in [3.8, 4) is 0 Å². The first-order valence-corrected chi connectivity index (χ1v) is 6.09. The van der Waals surface area contributed by atoms with Crippen LogP contribution < -0.4 is 5.73 Å². The molecule has 0 atom stereocenters. The van der Waals surface area contributed by atoms with Crippen LogP contribution in [0.4, 0.5) is 0 Å². The van der Waals surface area contributed by atoms with E-state index >= 15 is 0 Å². The van der Waals surface area contributed by atoms with Gasteiger partial charge in [-0.15, -0.1) is 0 Å². The van der Waals surface area contributed by atoms with Gasteiger partial charge in [-0.05, 0) is 30.5 Å². The molecule has 1 aromatic heterocycles. The van der Waals surface area contributed by atoms with Gasteiger partial charge >= 0.3 is 0 Å². The summed E-state index contributed by atoms with van der Waals surface area (Å²) in [5, 5.41) is 5.30. The van der Waals surface area contributed by atoms with Crippen molar-refractivity contribution in [3.63, 3.8) is 0 Å². The molecule has 0 amide bonds. The van der Waals surface area contributed by atoms with Crippen LogP contribution in [0.2, 0.25) is 0 Å². The predicted molar refractivity (Wildman–Crippen MR) is 67.8 cm³/mol. The van der Waals surface area contributed by atoms with E-state index in [2.05, 4.69) is 38.1 Å². The molecular formula is C14H18N2O. The molecule has 2 aromatic rings. The maximum Gasteiger partial charge on any atom is 0.167 e. The van der Waals surface area contributed by atoms with E-state index < -0.39 is 0 Å². The smallest absolute Gasteiger partial charge is 0.167 e. The minimum Gasteiger partial charge on any atom is -0.356 e. The molecule has 0 unspecified atom stereocenters. The zero-order valence-electron chi connectivity index (χ0n) is 10.6. The Morgan fingerprint density at radius 2 is 2.00 bits per heavy atom. The SMILES string of the molecule is CC(C)(C)c1noc2ccc(C3(N)CC3)cc12. The van der Waals surface area contributed by atoms with Crippen LogP contribution in [0.1, 0.15) is 44.9 Å². The van der Waals surface area contributed by atoms with Crippen LogP contribution >= 0.6 is 0 Å². The summed E-state index contributed by atoms with van der Waals surface area (Å²) in [4.78, 5) is 0. The number of nitrogens with two attached hydrogens (primary N) is 1. The molecule has 0 bridgehead atoms. The van der Waals surface area contributed by atoms with Gasteiger partial charge in [-0.3, -0.25) is 0 Å². The Morgan fingerprint density at radius 3 is 2.59 bits per heavy atom. The zero-order valence-corrected chi connectivity index (χ0v) is 10.6. The van der Waals surface area contributed by atoms with Crippen molar-refractivity contribution in [2.75, 3.05) is 0 Å². The summed E-state index contributed by atoms with van der Waals surface area (Å²) < 4.78 is 5.37. The van der Waals surface area contributed by atoms with Gasteiger partial charge in [-0.25, -0.2) is 0 Å². The third-order valence-electron chi connectivity index (χ3n) is 3.54. The summed E-state index contributed by atoms with van der Waals surface area (Å²) in [7, 11) is 0. The molecule has 1 saturated carbocycles. The number of benzene rings is 1. The monoisotopic (exact) mass is 230 g/mol. The molecule has 1 aromatic carbocycles. The molecule has 3 rings (SSSR count). The molecule has 90 valence electrons. The van der Waals surface area contributed by atoms with E-state index in [1.165, 1.54) is 5.56 Å². The second-order valence-electron chi connectivity index (χ2n) is 6.15. The molecule has 0 spiro atoms. The zero-order chi connectivity index (χ0) is 12.3. The van der Waals surface area contributed by atoms with Crippen LogP contribution in [0.3, 0.4) is 0 Å². The molecule has 3 heteroatoms. The Hall–Kier alpha value is -1.35. The van der Waals surface area contributed by atoms with Crippen LogP contribution in [0.5, 0.6) is 0 Å². The highest BCUT2D eigenvalue weighted by atomic mass is 16.5. The molecule has 1 heterocycles. The van der Waals surface area contributed by atoms with Gasteiger partial charge in [0, 0.05) is 16.3 Å². The van der Waals surface area contributed by atoms with E-state index in [0.717, 1.165) is 29.5 Å². The lowest BCUT2D eigenvalue weighted by atomic mass is 9.89. The fourth-order valence-corrected chi connectivity index (χ4v) is 2.21. The van der Waals surface area contributed by atoms with Crippen LogP contribution in [-0.4, -0.2) is 5.16 Å². The highest BCUT2D eigenvalue weighted by molar-refractivity contribution is 5.81. The Labute approximate surface area is 101 Å². The number of hydrogen-bond acceptors (Lipinski definition) is 3. The number of nitrogens with zero attached hydrogens (tertiary/aromatic N) is 1. The van der Waals surface area contributed by atoms with Crippen molar-refractivity contribution in [3.05, 3.63) is 29.5 Å². The van der Waals surface area contributed by atoms with E-state index in [-0.39, 0.29) is 11.0 Å². The summed E-state index contributed by atoms with van der Waals surface area (Å²) in [5.41, 5.74) is 9.20. The first kappa shape index (κ1) is 10.8. The Morgan fingerprint density at radius 1 is 1.29 bits per heavy atom. The van der Waals surface area contributed by atoms with Gasteiger partial charge in [-0.1, -0.05) is 32.0 Å². The van der Waals surface area contributed by atoms with Gasteiger partial charge in [0.1, 0.15) is 0 Å². The third-order valence-corrected chi connectivity index (χ3v) is 3.54. The third kappa shape index (κ3) is 1.65. The topological polar surface area (TPSA) is 52.0 Å². The van der Waals surface area contributed by atoms with Gasteiger partial charge in [0.25, 0.3) is 0 Å². The largest absolute Gasteiger partial charge is 0.356 e. The predicted octanol–water partition coefficient (Wildman–Crippen LogP) is 3.07. The van der Waals surface area contributed by atoms with E-state index in [4.69, 9.17) is 10.3 Å². The van der Waals surface area contributed by atoms with E-state index in [1.807, 2.05) is 6.07 Å². The fourth-order valence-electron chi connectivity index (χ4n) is 2.21. The van der Waals surface area contributed by atoms with Crippen LogP contribution in [0.15, 0.2) is 22.7 Å².